The van der Waals surface area contributed by atoms with Crippen LogP contribution in [0.15, 0.2) is 23.8 Å². The van der Waals surface area contributed by atoms with Crippen molar-refractivity contribution in [3.8, 4) is 0 Å². The van der Waals surface area contributed by atoms with Gasteiger partial charge in [-0.05, 0) is 25.7 Å². The molecule has 1 heterocycles. The lowest BCUT2D eigenvalue weighted by atomic mass is 9.88. The molecule has 1 saturated heterocycles. The third kappa shape index (κ3) is 1.61. The van der Waals surface area contributed by atoms with Crippen molar-refractivity contribution in [2.75, 3.05) is 13.2 Å². The molecule has 0 saturated carbocycles. The molecule has 1 nitrogen and oxygen atoms in total. The van der Waals surface area contributed by atoms with Crippen LogP contribution in [0.5, 0.6) is 0 Å². The van der Waals surface area contributed by atoms with Gasteiger partial charge in [-0.15, -0.1) is 0 Å². The van der Waals surface area contributed by atoms with Crippen LogP contribution in [0.1, 0.15) is 19.8 Å². The summed E-state index contributed by atoms with van der Waals surface area (Å²) in [5.41, 5.74) is 1.49. The Balaban J connectivity index is 2.16. The molecule has 2 aliphatic rings. The van der Waals surface area contributed by atoms with Gasteiger partial charge in [-0.2, -0.15) is 0 Å². The van der Waals surface area contributed by atoms with E-state index in [0.717, 1.165) is 25.6 Å². The second-order valence-electron chi connectivity index (χ2n) is 3.84. The summed E-state index contributed by atoms with van der Waals surface area (Å²) in [6.07, 6.45) is 9.41. The molecule has 1 aliphatic carbocycles. The van der Waals surface area contributed by atoms with Gasteiger partial charge in [-0.25, -0.2) is 0 Å². The fourth-order valence-electron chi connectivity index (χ4n) is 2.05. The Hall–Kier alpha value is -0.560. The molecular weight excluding hydrogens is 148 g/mol. The average Bonchev–Trinajstić information content (AvgIpc) is 2.25. The summed E-state index contributed by atoms with van der Waals surface area (Å²) < 4.78 is 5.46. The third-order valence-electron chi connectivity index (χ3n) is 2.78. The van der Waals surface area contributed by atoms with Crippen molar-refractivity contribution in [3.63, 3.8) is 0 Å². The molecule has 0 spiro atoms. The number of rotatable bonds is 0. The molecule has 12 heavy (non-hydrogen) atoms. The first kappa shape index (κ1) is 8.06. The smallest absolute Gasteiger partial charge is 0.0534 e. The Labute approximate surface area is 74.1 Å². The quantitative estimate of drug-likeness (QED) is 0.500. The first-order valence-electron chi connectivity index (χ1n) is 4.78. The molecule has 0 aromatic carbocycles. The highest BCUT2D eigenvalue weighted by atomic mass is 16.5. The Morgan fingerprint density at radius 3 is 3.25 bits per heavy atom. The van der Waals surface area contributed by atoms with Crippen molar-refractivity contribution in [1.82, 2.24) is 0 Å². The first-order chi connectivity index (χ1) is 5.86. The maximum atomic E-state index is 5.46. The van der Waals surface area contributed by atoms with Gasteiger partial charge < -0.3 is 4.74 Å². The largest absolute Gasteiger partial charge is 0.381 e. The van der Waals surface area contributed by atoms with Crippen LogP contribution >= 0.6 is 0 Å². The average molecular weight is 164 g/mol. The number of hydrogen-bond donors (Lipinski definition) is 0. The van der Waals surface area contributed by atoms with Crippen molar-refractivity contribution in [1.29, 1.82) is 0 Å². The fourth-order valence-corrected chi connectivity index (χ4v) is 2.05. The van der Waals surface area contributed by atoms with Crippen LogP contribution < -0.4 is 0 Å². The topological polar surface area (TPSA) is 9.23 Å². The van der Waals surface area contributed by atoms with Crippen molar-refractivity contribution in [2.24, 2.45) is 11.8 Å². The Morgan fingerprint density at radius 1 is 1.42 bits per heavy atom. The monoisotopic (exact) mass is 164 g/mol. The van der Waals surface area contributed by atoms with E-state index in [1.807, 2.05) is 0 Å². The van der Waals surface area contributed by atoms with E-state index in [-0.39, 0.29) is 0 Å². The van der Waals surface area contributed by atoms with E-state index >= 15 is 0 Å². The van der Waals surface area contributed by atoms with Gasteiger partial charge in [0.1, 0.15) is 0 Å². The first-order valence-corrected chi connectivity index (χ1v) is 4.78. The molecule has 1 heteroatoms. The predicted octanol–water partition coefficient (Wildman–Crippen LogP) is 2.55. The number of ether oxygens (including phenoxy) is 1. The second-order valence-corrected chi connectivity index (χ2v) is 3.84. The Kier molecular flexibility index (Phi) is 2.31. The van der Waals surface area contributed by atoms with Crippen molar-refractivity contribution in [2.45, 2.75) is 19.8 Å². The standard InChI is InChI=1S/C11H16O/c1-9-3-2-4-10-5-6-12-8-11(10)7-9/h2,4,7,10-11H,3,5-6,8H2,1H3. The zero-order chi connectivity index (χ0) is 8.39. The maximum Gasteiger partial charge on any atom is 0.0534 e. The van der Waals surface area contributed by atoms with Crippen molar-refractivity contribution < 1.29 is 4.74 Å². The molecule has 0 amide bonds. The molecule has 2 rings (SSSR count). The van der Waals surface area contributed by atoms with Gasteiger partial charge in [-0.3, -0.25) is 0 Å². The number of hydrogen-bond acceptors (Lipinski definition) is 1. The van der Waals surface area contributed by atoms with E-state index in [9.17, 15) is 0 Å². The summed E-state index contributed by atoms with van der Waals surface area (Å²) in [4.78, 5) is 0. The van der Waals surface area contributed by atoms with Gasteiger partial charge in [0.15, 0.2) is 0 Å². The van der Waals surface area contributed by atoms with Gasteiger partial charge in [-0.1, -0.05) is 23.8 Å². The Morgan fingerprint density at radius 2 is 2.33 bits per heavy atom. The molecule has 0 aromatic heterocycles. The highest BCUT2D eigenvalue weighted by Crippen LogP contribution is 2.28. The lowest BCUT2D eigenvalue weighted by Gasteiger charge is -2.26. The van der Waals surface area contributed by atoms with E-state index in [0.29, 0.717) is 5.92 Å². The van der Waals surface area contributed by atoms with E-state index < -0.39 is 0 Å². The second kappa shape index (κ2) is 3.44. The van der Waals surface area contributed by atoms with Gasteiger partial charge in [0.05, 0.1) is 6.61 Å². The molecule has 66 valence electrons. The van der Waals surface area contributed by atoms with Crippen molar-refractivity contribution in [3.05, 3.63) is 23.8 Å². The minimum Gasteiger partial charge on any atom is -0.381 e. The molecule has 0 radical (unpaired) electrons. The van der Waals surface area contributed by atoms with E-state index in [1.165, 1.54) is 12.0 Å². The van der Waals surface area contributed by atoms with Gasteiger partial charge in [0.25, 0.3) is 0 Å². The van der Waals surface area contributed by atoms with Gasteiger partial charge >= 0.3 is 0 Å². The normalized spacial score (nSPS) is 35.2. The molecule has 0 bridgehead atoms. The van der Waals surface area contributed by atoms with Gasteiger partial charge in [0.2, 0.25) is 0 Å². The fraction of sp³-hybridized carbons (Fsp3) is 0.636. The van der Waals surface area contributed by atoms with E-state index in [2.05, 4.69) is 25.2 Å². The molecule has 1 fully saturated rings. The number of allylic oxidation sites excluding steroid dienone is 3. The molecular formula is C11H16O. The van der Waals surface area contributed by atoms with E-state index in [4.69, 9.17) is 4.74 Å². The van der Waals surface area contributed by atoms with Crippen LogP contribution in [0.2, 0.25) is 0 Å². The molecule has 0 N–H and O–H groups in total. The predicted molar refractivity (Wildman–Crippen MR) is 49.9 cm³/mol. The zero-order valence-corrected chi connectivity index (χ0v) is 7.62. The number of fused-ring (bicyclic) bond motifs is 1. The van der Waals surface area contributed by atoms with Crippen molar-refractivity contribution >= 4 is 0 Å². The minimum absolute atomic E-state index is 0.650. The van der Waals surface area contributed by atoms with Crippen LogP contribution in [0, 0.1) is 11.8 Å². The lowest BCUT2D eigenvalue weighted by Crippen LogP contribution is -2.24. The minimum atomic E-state index is 0.650. The van der Waals surface area contributed by atoms with E-state index in [1.54, 1.807) is 0 Å². The molecule has 2 atom stereocenters. The summed E-state index contributed by atoms with van der Waals surface area (Å²) in [5, 5.41) is 0. The highest BCUT2D eigenvalue weighted by molar-refractivity contribution is 5.14. The maximum absolute atomic E-state index is 5.46. The van der Waals surface area contributed by atoms with Crippen LogP contribution in [0.25, 0.3) is 0 Å². The Bertz CT molecular complexity index is 215. The summed E-state index contributed by atoms with van der Waals surface area (Å²) in [5.74, 6) is 1.40. The summed E-state index contributed by atoms with van der Waals surface area (Å²) in [7, 11) is 0. The molecule has 0 aromatic rings. The lowest BCUT2D eigenvalue weighted by molar-refractivity contribution is 0.0493. The highest BCUT2D eigenvalue weighted by Gasteiger charge is 2.22. The molecule has 2 unspecified atom stereocenters. The third-order valence-corrected chi connectivity index (χ3v) is 2.78. The SMILES string of the molecule is CC1=CC2COCCC2C=CC1. The van der Waals surface area contributed by atoms with Crippen LogP contribution in [-0.2, 0) is 4.74 Å². The van der Waals surface area contributed by atoms with Crippen LogP contribution in [-0.4, -0.2) is 13.2 Å². The summed E-state index contributed by atoms with van der Waals surface area (Å²) in [6.45, 7) is 4.08. The van der Waals surface area contributed by atoms with Crippen LogP contribution in [0.3, 0.4) is 0 Å². The summed E-state index contributed by atoms with van der Waals surface area (Å²) in [6, 6.07) is 0. The summed E-state index contributed by atoms with van der Waals surface area (Å²) >= 11 is 0. The van der Waals surface area contributed by atoms with Gasteiger partial charge in [0, 0.05) is 12.5 Å². The zero-order valence-electron chi connectivity index (χ0n) is 7.62. The van der Waals surface area contributed by atoms with Crippen LogP contribution in [0.4, 0.5) is 0 Å². The molecule has 1 aliphatic heterocycles.